The number of aromatic nitrogens is 2. The standard InChI is InChI=1S/C15H13BrN2O/c1-10-9-17-15(18(10)2)14-8-7-13(19-14)11-3-5-12(16)6-4-11/h3-9H,1-2H3. The number of halogens is 1. The lowest BCUT2D eigenvalue weighted by Crippen LogP contribution is -1.93. The largest absolute Gasteiger partial charge is 0.453 e. The Balaban J connectivity index is 2.00. The minimum Gasteiger partial charge on any atom is -0.453 e. The first-order valence-electron chi connectivity index (χ1n) is 5.99. The second-order valence-electron chi connectivity index (χ2n) is 4.45. The number of benzene rings is 1. The van der Waals surface area contributed by atoms with E-state index in [0.717, 1.165) is 33.1 Å². The van der Waals surface area contributed by atoms with Gasteiger partial charge in [0, 0.05) is 29.0 Å². The maximum Gasteiger partial charge on any atom is 0.176 e. The van der Waals surface area contributed by atoms with E-state index in [0.29, 0.717) is 0 Å². The fourth-order valence-electron chi connectivity index (χ4n) is 1.95. The molecule has 0 aliphatic rings. The molecule has 0 saturated carbocycles. The Hall–Kier alpha value is -1.81. The molecule has 0 amide bonds. The minimum atomic E-state index is 0.786. The first kappa shape index (κ1) is 12.2. The van der Waals surface area contributed by atoms with E-state index in [1.54, 1.807) is 0 Å². The Labute approximate surface area is 120 Å². The summed E-state index contributed by atoms with van der Waals surface area (Å²) >= 11 is 3.43. The number of aryl methyl sites for hydroxylation is 1. The Morgan fingerprint density at radius 3 is 2.37 bits per heavy atom. The minimum absolute atomic E-state index is 0.786. The van der Waals surface area contributed by atoms with E-state index in [4.69, 9.17) is 4.42 Å². The summed E-state index contributed by atoms with van der Waals surface area (Å²) in [7, 11) is 1.99. The molecule has 3 aromatic rings. The van der Waals surface area contributed by atoms with Gasteiger partial charge in [-0.2, -0.15) is 0 Å². The second-order valence-corrected chi connectivity index (χ2v) is 5.37. The van der Waals surface area contributed by atoms with Crippen molar-refractivity contribution in [3.63, 3.8) is 0 Å². The van der Waals surface area contributed by atoms with Crippen molar-refractivity contribution in [2.75, 3.05) is 0 Å². The summed E-state index contributed by atoms with van der Waals surface area (Å²) < 4.78 is 8.97. The molecular formula is C15H13BrN2O. The van der Waals surface area contributed by atoms with Crippen LogP contribution in [0.1, 0.15) is 5.69 Å². The zero-order chi connectivity index (χ0) is 13.4. The molecule has 4 heteroatoms. The predicted molar refractivity (Wildman–Crippen MR) is 78.8 cm³/mol. The molecule has 0 unspecified atom stereocenters. The van der Waals surface area contributed by atoms with Crippen molar-refractivity contribution < 1.29 is 4.42 Å². The van der Waals surface area contributed by atoms with Gasteiger partial charge in [0.25, 0.3) is 0 Å². The summed E-state index contributed by atoms with van der Waals surface area (Å²) in [4.78, 5) is 4.37. The first-order valence-corrected chi connectivity index (χ1v) is 6.79. The molecule has 0 saturated heterocycles. The number of nitrogens with zero attached hydrogens (tertiary/aromatic N) is 2. The Morgan fingerprint density at radius 2 is 1.74 bits per heavy atom. The molecule has 19 heavy (non-hydrogen) atoms. The van der Waals surface area contributed by atoms with E-state index in [1.165, 1.54) is 0 Å². The lowest BCUT2D eigenvalue weighted by Gasteiger charge is -2.00. The van der Waals surface area contributed by atoms with Crippen LogP contribution in [0.15, 0.2) is 51.5 Å². The summed E-state index contributed by atoms with van der Waals surface area (Å²) in [5.41, 5.74) is 2.16. The number of rotatable bonds is 2. The van der Waals surface area contributed by atoms with E-state index in [1.807, 2.05) is 61.1 Å². The van der Waals surface area contributed by atoms with Gasteiger partial charge in [0.05, 0.1) is 0 Å². The lowest BCUT2D eigenvalue weighted by molar-refractivity contribution is 0.588. The second kappa shape index (κ2) is 4.70. The Bertz CT molecular complexity index is 710. The van der Waals surface area contributed by atoms with Gasteiger partial charge in [0.15, 0.2) is 11.6 Å². The molecule has 2 aromatic heterocycles. The molecule has 2 heterocycles. The number of furan rings is 1. The Kier molecular flexibility index (Phi) is 3.03. The fourth-order valence-corrected chi connectivity index (χ4v) is 2.22. The molecule has 0 aliphatic heterocycles. The smallest absolute Gasteiger partial charge is 0.176 e. The van der Waals surface area contributed by atoms with Gasteiger partial charge in [-0.05, 0) is 31.2 Å². The maximum absolute atomic E-state index is 5.89. The van der Waals surface area contributed by atoms with Crippen molar-refractivity contribution in [2.24, 2.45) is 7.05 Å². The molecular weight excluding hydrogens is 304 g/mol. The van der Waals surface area contributed by atoms with Crippen LogP contribution >= 0.6 is 15.9 Å². The van der Waals surface area contributed by atoms with E-state index >= 15 is 0 Å². The molecule has 0 spiro atoms. The van der Waals surface area contributed by atoms with E-state index in [9.17, 15) is 0 Å². The van der Waals surface area contributed by atoms with Crippen molar-refractivity contribution in [3.8, 4) is 22.9 Å². The van der Waals surface area contributed by atoms with Gasteiger partial charge in [-0.1, -0.05) is 28.1 Å². The summed E-state index contributed by atoms with van der Waals surface area (Å²) in [5.74, 6) is 2.48. The van der Waals surface area contributed by atoms with Crippen molar-refractivity contribution in [1.29, 1.82) is 0 Å². The normalized spacial score (nSPS) is 10.9. The van der Waals surface area contributed by atoms with Crippen LogP contribution in [0.25, 0.3) is 22.9 Å². The topological polar surface area (TPSA) is 31.0 Å². The van der Waals surface area contributed by atoms with Gasteiger partial charge in [-0.25, -0.2) is 4.98 Å². The lowest BCUT2D eigenvalue weighted by atomic mass is 10.2. The number of hydrogen-bond acceptors (Lipinski definition) is 2. The SMILES string of the molecule is Cc1cnc(-c2ccc(-c3ccc(Br)cc3)o2)n1C. The average Bonchev–Trinajstić information content (AvgIpc) is 2.99. The van der Waals surface area contributed by atoms with Crippen molar-refractivity contribution in [2.45, 2.75) is 6.92 Å². The zero-order valence-electron chi connectivity index (χ0n) is 10.7. The molecule has 0 radical (unpaired) electrons. The van der Waals surface area contributed by atoms with Crippen molar-refractivity contribution in [3.05, 3.63) is 52.8 Å². The van der Waals surface area contributed by atoms with E-state index < -0.39 is 0 Å². The molecule has 3 nitrogen and oxygen atoms in total. The summed E-state index contributed by atoms with van der Waals surface area (Å²) in [5, 5.41) is 0. The van der Waals surface area contributed by atoms with Gasteiger partial charge < -0.3 is 8.98 Å². The predicted octanol–water partition coefficient (Wildman–Crippen LogP) is 4.42. The van der Waals surface area contributed by atoms with Crippen LogP contribution in [0.4, 0.5) is 0 Å². The molecule has 0 fully saturated rings. The van der Waals surface area contributed by atoms with Crippen LogP contribution in [0.2, 0.25) is 0 Å². The van der Waals surface area contributed by atoms with Gasteiger partial charge in [-0.15, -0.1) is 0 Å². The van der Waals surface area contributed by atoms with Crippen LogP contribution in [-0.2, 0) is 7.05 Å². The molecule has 0 bridgehead atoms. The molecule has 1 aromatic carbocycles. The van der Waals surface area contributed by atoms with Crippen LogP contribution < -0.4 is 0 Å². The average molecular weight is 317 g/mol. The van der Waals surface area contributed by atoms with E-state index in [2.05, 4.69) is 20.9 Å². The van der Waals surface area contributed by atoms with Gasteiger partial charge in [-0.3, -0.25) is 0 Å². The van der Waals surface area contributed by atoms with Crippen LogP contribution in [0.5, 0.6) is 0 Å². The monoisotopic (exact) mass is 316 g/mol. The molecule has 0 N–H and O–H groups in total. The van der Waals surface area contributed by atoms with Crippen LogP contribution in [0, 0.1) is 6.92 Å². The van der Waals surface area contributed by atoms with Crippen LogP contribution in [0.3, 0.4) is 0 Å². The number of imidazole rings is 1. The summed E-state index contributed by atoms with van der Waals surface area (Å²) in [6, 6.07) is 12.0. The summed E-state index contributed by atoms with van der Waals surface area (Å²) in [6.45, 7) is 2.02. The highest BCUT2D eigenvalue weighted by molar-refractivity contribution is 9.10. The van der Waals surface area contributed by atoms with Crippen molar-refractivity contribution >= 4 is 15.9 Å². The third kappa shape index (κ3) is 2.24. The van der Waals surface area contributed by atoms with Crippen LogP contribution in [-0.4, -0.2) is 9.55 Å². The quantitative estimate of drug-likeness (QED) is 0.700. The Morgan fingerprint density at radius 1 is 1.05 bits per heavy atom. The maximum atomic E-state index is 5.89. The van der Waals surface area contributed by atoms with Gasteiger partial charge in [0.2, 0.25) is 0 Å². The fraction of sp³-hybridized carbons (Fsp3) is 0.133. The van der Waals surface area contributed by atoms with E-state index in [-0.39, 0.29) is 0 Å². The molecule has 0 atom stereocenters. The van der Waals surface area contributed by atoms with Gasteiger partial charge >= 0.3 is 0 Å². The van der Waals surface area contributed by atoms with Crippen molar-refractivity contribution in [1.82, 2.24) is 9.55 Å². The number of hydrogen-bond donors (Lipinski definition) is 0. The third-order valence-corrected chi connectivity index (χ3v) is 3.70. The van der Waals surface area contributed by atoms with Gasteiger partial charge in [0.1, 0.15) is 5.76 Å². The highest BCUT2D eigenvalue weighted by atomic mass is 79.9. The highest BCUT2D eigenvalue weighted by Crippen LogP contribution is 2.28. The first-order chi connectivity index (χ1) is 9.15. The molecule has 96 valence electrons. The zero-order valence-corrected chi connectivity index (χ0v) is 12.3. The molecule has 0 aliphatic carbocycles. The highest BCUT2D eigenvalue weighted by Gasteiger charge is 2.11. The molecule has 3 rings (SSSR count). The third-order valence-electron chi connectivity index (χ3n) is 3.18. The summed E-state index contributed by atoms with van der Waals surface area (Å²) in [6.07, 6.45) is 1.84.